The van der Waals surface area contributed by atoms with Gasteiger partial charge in [-0.2, -0.15) is 4.31 Å². The van der Waals surface area contributed by atoms with Gasteiger partial charge in [-0.25, -0.2) is 13.2 Å². The zero-order valence-corrected chi connectivity index (χ0v) is 18.1. The number of benzene rings is 2. The summed E-state index contributed by atoms with van der Waals surface area (Å²) in [6.07, 6.45) is 0. The molecule has 162 valence electrons. The van der Waals surface area contributed by atoms with Crippen LogP contribution in [0.25, 0.3) is 0 Å². The first-order valence-electron chi connectivity index (χ1n) is 9.86. The number of nitrogens with zero attached hydrogens (tertiary/aromatic N) is 2. The van der Waals surface area contributed by atoms with Crippen LogP contribution >= 0.6 is 0 Å². The fraction of sp³-hybridized carbons (Fsp3) is 0.381. The van der Waals surface area contributed by atoms with E-state index in [1.807, 2.05) is 25.1 Å². The predicted octanol–water partition coefficient (Wildman–Crippen LogP) is 2.28. The Labute approximate surface area is 177 Å². The summed E-state index contributed by atoms with van der Waals surface area (Å²) in [5.41, 5.74) is 2.87. The van der Waals surface area contributed by atoms with Crippen LogP contribution < -0.4 is 20.3 Å². The summed E-state index contributed by atoms with van der Waals surface area (Å²) in [5, 5.41) is 5.26. The highest BCUT2D eigenvalue weighted by molar-refractivity contribution is 7.89. The zero-order chi connectivity index (χ0) is 21.6. The monoisotopic (exact) mass is 432 g/mol. The number of methoxy groups -OCH3 is 1. The number of piperazine rings is 1. The number of amides is 2. The summed E-state index contributed by atoms with van der Waals surface area (Å²) < 4.78 is 31.9. The van der Waals surface area contributed by atoms with Gasteiger partial charge < -0.3 is 20.3 Å². The summed E-state index contributed by atoms with van der Waals surface area (Å²) in [5.74, 6) is 0.489. The highest BCUT2D eigenvalue weighted by Gasteiger charge is 2.26. The van der Waals surface area contributed by atoms with E-state index in [2.05, 4.69) is 21.6 Å². The fourth-order valence-electron chi connectivity index (χ4n) is 3.35. The Morgan fingerprint density at radius 2 is 1.80 bits per heavy atom. The number of rotatable bonds is 7. The van der Waals surface area contributed by atoms with Crippen molar-refractivity contribution < 1.29 is 17.9 Å². The molecule has 0 atom stereocenters. The number of ether oxygens (including phenoxy) is 1. The van der Waals surface area contributed by atoms with Gasteiger partial charge in [0, 0.05) is 50.2 Å². The van der Waals surface area contributed by atoms with E-state index in [9.17, 15) is 13.2 Å². The van der Waals surface area contributed by atoms with E-state index >= 15 is 0 Å². The van der Waals surface area contributed by atoms with E-state index in [0.717, 1.165) is 5.69 Å². The smallest absolute Gasteiger partial charge is 0.319 e. The van der Waals surface area contributed by atoms with Crippen molar-refractivity contribution in [1.82, 2.24) is 9.62 Å². The van der Waals surface area contributed by atoms with Crippen LogP contribution in [0.1, 0.15) is 5.56 Å². The molecule has 1 aliphatic rings. The number of carbonyl (C=O) groups excluding carboxylic acids is 1. The molecule has 2 aromatic rings. The number of hydrogen-bond acceptors (Lipinski definition) is 5. The molecule has 0 aliphatic carbocycles. The van der Waals surface area contributed by atoms with Gasteiger partial charge in [0.15, 0.2) is 0 Å². The number of carbonyl (C=O) groups is 1. The average Bonchev–Trinajstić information content (AvgIpc) is 2.74. The SMILES string of the molecule is COc1cccc(NC(=O)NCCS(=O)(=O)N2CCN(c3cccc(C)c3)CC2)c1. The Bertz CT molecular complexity index is 972. The van der Waals surface area contributed by atoms with Crippen LogP contribution in [-0.4, -0.2) is 64.3 Å². The van der Waals surface area contributed by atoms with Crippen molar-refractivity contribution in [1.29, 1.82) is 0 Å². The van der Waals surface area contributed by atoms with Crippen LogP contribution in [0.2, 0.25) is 0 Å². The van der Waals surface area contributed by atoms with E-state index < -0.39 is 16.1 Å². The van der Waals surface area contributed by atoms with Gasteiger partial charge in [0.2, 0.25) is 10.0 Å². The molecular weight excluding hydrogens is 404 g/mol. The molecule has 2 aromatic carbocycles. The third kappa shape index (κ3) is 5.87. The van der Waals surface area contributed by atoms with Crippen LogP contribution in [0.4, 0.5) is 16.2 Å². The molecule has 0 unspecified atom stereocenters. The zero-order valence-electron chi connectivity index (χ0n) is 17.3. The molecule has 1 fully saturated rings. The molecule has 9 heteroatoms. The van der Waals surface area contributed by atoms with Crippen molar-refractivity contribution in [3.63, 3.8) is 0 Å². The lowest BCUT2D eigenvalue weighted by Gasteiger charge is -2.35. The average molecular weight is 433 g/mol. The minimum absolute atomic E-state index is 0.0379. The number of nitrogens with one attached hydrogen (secondary N) is 2. The van der Waals surface area contributed by atoms with E-state index in [1.165, 1.54) is 9.87 Å². The lowest BCUT2D eigenvalue weighted by atomic mass is 10.2. The lowest BCUT2D eigenvalue weighted by Crippen LogP contribution is -2.50. The van der Waals surface area contributed by atoms with Crippen LogP contribution in [0.15, 0.2) is 48.5 Å². The maximum Gasteiger partial charge on any atom is 0.319 e. The Morgan fingerprint density at radius 1 is 1.07 bits per heavy atom. The maximum absolute atomic E-state index is 12.6. The second-order valence-electron chi connectivity index (χ2n) is 7.15. The molecule has 0 spiro atoms. The molecule has 0 aromatic heterocycles. The van der Waals surface area contributed by atoms with Crippen LogP contribution in [-0.2, 0) is 10.0 Å². The third-order valence-corrected chi connectivity index (χ3v) is 6.84. The highest BCUT2D eigenvalue weighted by Crippen LogP contribution is 2.19. The number of sulfonamides is 1. The first-order valence-corrected chi connectivity index (χ1v) is 11.5. The number of anilines is 2. The van der Waals surface area contributed by atoms with Crippen molar-refractivity contribution in [2.45, 2.75) is 6.92 Å². The number of hydrogen-bond donors (Lipinski definition) is 2. The summed E-state index contributed by atoms with van der Waals surface area (Å²) in [7, 11) is -1.89. The number of aryl methyl sites for hydroxylation is 1. The maximum atomic E-state index is 12.6. The molecule has 3 rings (SSSR count). The Kier molecular flexibility index (Phi) is 7.17. The molecular formula is C21H28N4O4S. The molecule has 1 saturated heterocycles. The van der Waals surface area contributed by atoms with Crippen LogP contribution in [0.3, 0.4) is 0 Å². The Balaban J connectivity index is 1.44. The molecule has 30 heavy (non-hydrogen) atoms. The summed E-state index contributed by atoms with van der Waals surface area (Å²) in [6, 6.07) is 14.7. The number of urea groups is 1. The van der Waals surface area contributed by atoms with E-state index in [1.54, 1.807) is 31.4 Å². The van der Waals surface area contributed by atoms with Crippen molar-refractivity contribution >= 4 is 27.4 Å². The Morgan fingerprint density at radius 3 is 2.50 bits per heavy atom. The molecule has 2 amide bonds. The second kappa shape index (κ2) is 9.82. The standard InChI is InChI=1S/C21H28N4O4S/c1-17-5-3-7-19(15-17)24-10-12-25(13-11-24)30(27,28)14-9-22-21(26)23-18-6-4-8-20(16-18)29-2/h3-8,15-16H,9-14H2,1-2H3,(H2,22,23,26). The molecule has 1 aliphatic heterocycles. The van der Waals surface area contributed by atoms with Gasteiger partial charge in [0.1, 0.15) is 5.75 Å². The summed E-state index contributed by atoms with van der Waals surface area (Å²) >= 11 is 0. The van der Waals surface area contributed by atoms with Crippen molar-refractivity contribution in [2.24, 2.45) is 0 Å². The summed E-state index contributed by atoms with van der Waals surface area (Å²) in [4.78, 5) is 14.2. The normalized spacial score (nSPS) is 14.9. The quantitative estimate of drug-likeness (QED) is 0.701. The van der Waals surface area contributed by atoms with E-state index in [-0.39, 0.29) is 12.3 Å². The van der Waals surface area contributed by atoms with Gasteiger partial charge in [0.05, 0.1) is 12.9 Å². The van der Waals surface area contributed by atoms with Crippen molar-refractivity contribution in [2.75, 3.05) is 55.8 Å². The predicted molar refractivity (Wildman–Crippen MR) is 119 cm³/mol. The van der Waals surface area contributed by atoms with Gasteiger partial charge in [-0.1, -0.05) is 18.2 Å². The van der Waals surface area contributed by atoms with Gasteiger partial charge in [-0.3, -0.25) is 0 Å². The second-order valence-corrected chi connectivity index (χ2v) is 9.24. The van der Waals surface area contributed by atoms with Gasteiger partial charge >= 0.3 is 6.03 Å². The van der Waals surface area contributed by atoms with Crippen molar-refractivity contribution in [3.8, 4) is 5.75 Å². The van der Waals surface area contributed by atoms with Gasteiger partial charge in [-0.15, -0.1) is 0 Å². The van der Waals surface area contributed by atoms with Crippen LogP contribution in [0.5, 0.6) is 5.75 Å². The molecule has 0 bridgehead atoms. The molecule has 0 radical (unpaired) electrons. The molecule has 2 N–H and O–H groups in total. The topological polar surface area (TPSA) is 91.0 Å². The van der Waals surface area contributed by atoms with E-state index in [4.69, 9.17) is 4.74 Å². The van der Waals surface area contributed by atoms with Gasteiger partial charge in [0.25, 0.3) is 0 Å². The first-order chi connectivity index (χ1) is 14.4. The van der Waals surface area contributed by atoms with Crippen LogP contribution in [0, 0.1) is 6.92 Å². The molecule has 0 saturated carbocycles. The Hall–Kier alpha value is -2.78. The summed E-state index contributed by atoms with van der Waals surface area (Å²) in [6.45, 7) is 4.25. The fourth-order valence-corrected chi connectivity index (χ4v) is 4.69. The minimum Gasteiger partial charge on any atom is -0.497 e. The van der Waals surface area contributed by atoms with Gasteiger partial charge in [-0.05, 0) is 36.8 Å². The third-order valence-electron chi connectivity index (χ3n) is 4.97. The molecule has 8 nitrogen and oxygen atoms in total. The van der Waals surface area contributed by atoms with E-state index in [0.29, 0.717) is 37.6 Å². The molecule has 1 heterocycles. The first kappa shape index (κ1) is 21.9. The lowest BCUT2D eigenvalue weighted by molar-refractivity contribution is 0.252. The van der Waals surface area contributed by atoms with Crippen molar-refractivity contribution in [3.05, 3.63) is 54.1 Å². The largest absolute Gasteiger partial charge is 0.497 e. The highest BCUT2D eigenvalue weighted by atomic mass is 32.2. The minimum atomic E-state index is -3.43.